The fraction of sp³-hybridized carbons (Fsp3) is 0.381. The summed E-state index contributed by atoms with van der Waals surface area (Å²) in [5.41, 5.74) is 4.10. The Kier molecular flexibility index (Phi) is 3.19. The fourth-order valence-corrected chi connectivity index (χ4v) is 5.19. The summed E-state index contributed by atoms with van der Waals surface area (Å²) < 4.78 is 5.39. The van der Waals surface area contributed by atoms with Crippen molar-refractivity contribution in [3.8, 4) is 0 Å². The van der Waals surface area contributed by atoms with Crippen LogP contribution in [0.15, 0.2) is 48.1 Å². The van der Waals surface area contributed by atoms with Crippen molar-refractivity contribution in [2.24, 2.45) is 0 Å². The fourth-order valence-electron chi connectivity index (χ4n) is 5.19. The maximum atomic E-state index is 13.2. The zero-order valence-corrected chi connectivity index (χ0v) is 14.4. The molecule has 1 aromatic heterocycles. The quantitative estimate of drug-likeness (QED) is 0.815. The summed E-state index contributed by atoms with van der Waals surface area (Å²) >= 11 is 0. The molecule has 1 N–H and O–H groups in total. The van der Waals surface area contributed by atoms with Crippen LogP contribution < -0.4 is 0 Å². The lowest BCUT2D eigenvalue weighted by Crippen LogP contribution is -2.58. The number of benzene rings is 1. The van der Waals surface area contributed by atoms with Gasteiger partial charge in [0.15, 0.2) is 0 Å². The maximum Gasteiger partial charge on any atom is 0.319 e. The van der Waals surface area contributed by atoms with Crippen molar-refractivity contribution in [3.63, 3.8) is 0 Å². The van der Waals surface area contributed by atoms with Crippen LogP contribution in [0.3, 0.4) is 0 Å². The number of fused-ring (bicyclic) bond motifs is 4. The van der Waals surface area contributed by atoms with Crippen LogP contribution in [0.4, 0.5) is 0 Å². The number of allylic oxidation sites excluding steroid dienone is 1. The molecule has 5 rings (SSSR count). The summed E-state index contributed by atoms with van der Waals surface area (Å²) in [6.07, 6.45) is 9.35. The molecule has 0 radical (unpaired) electrons. The Labute approximate surface area is 147 Å². The number of carbonyl (C=O) groups excluding carboxylic acids is 1. The summed E-state index contributed by atoms with van der Waals surface area (Å²) in [7, 11) is 1.52. The second kappa shape index (κ2) is 5.33. The number of H-pyrrole nitrogens is 1. The molecule has 0 spiro atoms. The topological polar surface area (TPSA) is 45.3 Å². The molecule has 25 heavy (non-hydrogen) atoms. The highest BCUT2D eigenvalue weighted by Crippen LogP contribution is 2.48. The van der Waals surface area contributed by atoms with Crippen LogP contribution in [0.5, 0.6) is 0 Å². The Balaban J connectivity index is 1.84. The van der Waals surface area contributed by atoms with Crippen molar-refractivity contribution in [3.05, 3.63) is 59.3 Å². The smallest absolute Gasteiger partial charge is 0.319 e. The van der Waals surface area contributed by atoms with Crippen LogP contribution in [-0.4, -0.2) is 42.1 Å². The third-order valence-electron chi connectivity index (χ3n) is 6.18. The van der Waals surface area contributed by atoms with Gasteiger partial charge >= 0.3 is 5.97 Å². The van der Waals surface area contributed by atoms with Gasteiger partial charge in [0.05, 0.1) is 13.2 Å². The van der Waals surface area contributed by atoms with E-state index in [1.807, 2.05) is 6.07 Å². The first-order chi connectivity index (χ1) is 12.3. The van der Waals surface area contributed by atoms with Crippen LogP contribution in [-0.2, 0) is 21.4 Å². The predicted octanol–water partition coefficient (Wildman–Crippen LogP) is 3.10. The highest BCUT2D eigenvalue weighted by atomic mass is 16.5. The van der Waals surface area contributed by atoms with Crippen molar-refractivity contribution >= 4 is 16.9 Å². The van der Waals surface area contributed by atoms with Gasteiger partial charge in [-0.2, -0.15) is 0 Å². The number of esters is 1. The van der Waals surface area contributed by atoms with Gasteiger partial charge in [0.1, 0.15) is 5.41 Å². The van der Waals surface area contributed by atoms with E-state index in [-0.39, 0.29) is 12.0 Å². The third kappa shape index (κ3) is 1.89. The molecular formula is C21H22N2O2. The number of hydrogen-bond acceptors (Lipinski definition) is 3. The van der Waals surface area contributed by atoms with E-state index in [4.69, 9.17) is 4.74 Å². The van der Waals surface area contributed by atoms with Gasteiger partial charge in [0, 0.05) is 29.7 Å². The average Bonchev–Trinajstić information content (AvgIpc) is 2.97. The Morgan fingerprint density at radius 2 is 2.24 bits per heavy atom. The van der Waals surface area contributed by atoms with Crippen molar-refractivity contribution < 1.29 is 9.53 Å². The number of methoxy groups -OCH3 is 1. The zero-order valence-electron chi connectivity index (χ0n) is 14.4. The van der Waals surface area contributed by atoms with E-state index in [1.165, 1.54) is 23.6 Å². The molecule has 4 nitrogen and oxygen atoms in total. The van der Waals surface area contributed by atoms with E-state index in [9.17, 15) is 4.79 Å². The molecule has 0 saturated heterocycles. The van der Waals surface area contributed by atoms with E-state index in [0.717, 1.165) is 43.6 Å². The Bertz CT molecular complexity index is 923. The van der Waals surface area contributed by atoms with Crippen molar-refractivity contribution in [2.45, 2.75) is 30.7 Å². The van der Waals surface area contributed by atoms with Crippen LogP contribution in [0.2, 0.25) is 0 Å². The molecule has 2 atom stereocenters. The first-order valence-corrected chi connectivity index (χ1v) is 9.05. The number of rotatable bonds is 1. The summed E-state index contributed by atoms with van der Waals surface area (Å²) in [5.74, 6) is -0.113. The normalized spacial score (nSPS) is 28.0. The lowest BCUT2D eigenvalue weighted by atomic mass is 9.66. The minimum absolute atomic E-state index is 0.0630. The van der Waals surface area contributed by atoms with Gasteiger partial charge in [-0.1, -0.05) is 36.4 Å². The summed E-state index contributed by atoms with van der Waals surface area (Å²) in [6, 6.07) is 8.45. The molecule has 0 amide bonds. The number of nitrogens with one attached hydrogen (secondary N) is 1. The van der Waals surface area contributed by atoms with Crippen LogP contribution >= 0.6 is 0 Å². The molecule has 2 aliphatic heterocycles. The van der Waals surface area contributed by atoms with Gasteiger partial charge in [0.25, 0.3) is 0 Å². The third-order valence-corrected chi connectivity index (χ3v) is 6.18. The van der Waals surface area contributed by atoms with Gasteiger partial charge < -0.3 is 9.72 Å². The molecule has 128 valence electrons. The van der Waals surface area contributed by atoms with E-state index in [2.05, 4.69) is 46.3 Å². The Morgan fingerprint density at radius 3 is 3.12 bits per heavy atom. The van der Waals surface area contributed by atoms with E-state index in [0.29, 0.717) is 0 Å². The number of aromatic amines is 1. The molecule has 1 aromatic carbocycles. The molecule has 0 bridgehead atoms. The number of aromatic nitrogens is 1. The SMILES string of the molecule is COC(=O)[C@]12CCC=C3C=CCN(CCc4c1[nH]c1ccccc41)[C@H]32. The highest BCUT2D eigenvalue weighted by molar-refractivity contribution is 5.92. The Morgan fingerprint density at radius 1 is 1.36 bits per heavy atom. The Hall–Kier alpha value is -2.33. The van der Waals surface area contributed by atoms with E-state index >= 15 is 0 Å². The molecule has 0 unspecified atom stereocenters. The lowest BCUT2D eigenvalue weighted by molar-refractivity contribution is -0.150. The molecule has 4 heteroatoms. The van der Waals surface area contributed by atoms with Crippen LogP contribution in [0.1, 0.15) is 24.1 Å². The lowest BCUT2D eigenvalue weighted by Gasteiger charge is -2.46. The van der Waals surface area contributed by atoms with Gasteiger partial charge in [0.2, 0.25) is 0 Å². The summed E-state index contributed by atoms with van der Waals surface area (Å²) in [6.45, 7) is 1.85. The number of nitrogens with zero attached hydrogens (tertiary/aromatic N) is 1. The largest absolute Gasteiger partial charge is 0.468 e. The first-order valence-electron chi connectivity index (χ1n) is 9.05. The standard InChI is InChI=1S/C21H22N2O2/c1-25-20(24)21-11-4-6-14-7-5-12-23(19(14)21)13-10-16-15-8-2-3-9-17(15)22-18(16)21/h2-3,5-9,19,22H,4,10-13H2,1H3/t19-,21-/m1/s1. The second-order valence-electron chi connectivity index (χ2n) is 7.28. The molecule has 1 aliphatic carbocycles. The predicted molar refractivity (Wildman–Crippen MR) is 97.5 cm³/mol. The molecular weight excluding hydrogens is 312 g/mol. The molecule has 2 aromatic rings. The van der Waals surface area contributed by atoms with Crippen molar-refractivity contribution in [2.75, 3.05) is 20.2 Å². The average molecular weight is 334 g/mol. The highest BCUT2D eigenvalue weighted by Gasteiger charge is 2.56. The number of hydrogen-bond donors (Lipinski definition) is 1. The molecule has 0 saturated carbocycles. The van der Waals surface area contributed by atoms with E-state index in [1.54, 1.807) is 0 Å². The van der Waals surface area contributed by atoms with Crippen molar-refractivity contribution in [1.29, 1.82) is 0 Å². The van der Waals surface area contributed by atoms with Crippen molar-refractivity contribution in [1.82, 2.24) is 9.88 Å². The number of para-hydroxylation sites is 1. The molecule has 3 aliphatic rings. The second-order valence-corrected chi connectivity index (χ2v) is 7.28. The monoisotopic (exact) mass is 334 g/mol. The summed E-state index contributed by atoms with van der Waals surface area (Å²) in [4.78, 5) is 19.3. The van der Waals surface area contributed by atoms with Gasteiger partial charge in [-0.25, -0.2) is 0 Å². The van der Waals surface area contributed by atoms with Crippen LogP contribution in [0.25, 0.3) is 10.9 Å². The van der Waals surface area contributed by atoms with Gasteiger partial charge in [-0.05, 0) is 36.5 Å². The minimum Gasteiger partial charge on any atom is -0.468 e. The van der Waals surface area contributed by atoms with Gasteiger partial charge in [-0.3, -0.25) is 9.69 Å². The molecule has 0 fully saturated rings. The van der Waals surface area contributed by atoms with E-state index < -0.39 is 5.41 Å². The number of ether oxygens (including phenoxy) is 1. The maximum absolute atomic E-state index is 13.2. The van der Waals surface area contributed by atoms with Crippen LogP contribution in [0, 0.1) is 0 Å². The number of carbonyl (C=O) groups is 1. The summed E-state index contributed by atoms with van der Waals surface area (Å²) in [5, 5.41) is 1.24. The first kappa shape index (κ1) is 15.0. The zero-order chi connectivity index (χ0) is 17.0. The molecule has 3 heterocycles. The van der Waals surface area contributed by atoms with Gasteiger partial charge in [-0.15, -0.1) is 0 Å². The minimum atomic E-state index is -0.644.